The van der Waals surface area contributed by atoms with Crippen molar-refractivity contribution < 1.29 is 19.4 Å². The minimum atomic E-state index is -1.01. The molecule has 0 spiro atoms. The Hall–Kier alpha value is -1.30. The second kappa shape index (κ2) is 5.55. The van der Waals surface area contributed by atoms with Gasteiger partial charge in [-0.05, 0) is 20.8 Å². The van der Waals surface area contributed by atoms with Crippen molar-refractivity contribution in [1.29, 1.82) is 0 Å². The number of nitrogens with two attached hydrogens (primary N) is 1. The van der Waals surface area contributed by atoms with Gasteiger partial charge in [0, 0.05) is 6.54 Å². The summed E-state index contributed by atoms with van der Waals surface area (Å²) in [5.41, 5.74) is 4.69. The van der Waals surface area contributed by atoms with Gasteiger partial charge < -0.3 is 20.9 Å². The highest BCUT2D eigenvalue weighted by atomic mass is 16.6. The molecule has 88 valence electrons. The predicted octanol–water partition coefficient (Wildman–Crippen LogP) is 0.313. The number of hydrogen-bond acceptors (Lipinski definition) is 4. The number of ether oxygens (including phenoxy) is 1. The molecule has 0 bridgehead atoms. The molecule has 4 N–H and O–H groups in total. The summed E-state index contributed by atoms with van der Waals surface area (Å²) >= 11 is 0. The van der Waals surface area contributed by atoms with Gasteiger partial charge in [0.25, 0.3) is 0 Å². The molecule has 15 heavy (non-hydrogen) atoms. The summed E-state index contributed by atoms with van der Waals surface area (Å²) in [7, 11) is 0. The second-order valence-electron chi connectivity index (χ2n) is 4.18. The Kier molecular flexibility index (Phi) is 5.07. The van der Waals surface area contributed by atoms with Crippen LogP contribution in [0.5, 0.6) is 0 Å². The van der Waals surface area contributed by atoms with Gasteiger partial charge in [0.05, 0.1) is 12.5 Å². The molecule has 1 amide bonds. The van der Waals surface area contributed by atoms with Gasteiger partial charge in [-0.15, -0.1) is 0 Å². The minimum Gasteiger partial charge on any atom is -0.481 e. The second-order valence-corrected chi connectivity index (χ2v) is 4.18. The molecule has 0 aromatic rings. The lowest BCUT2D eigenvalue weighted by atomic mass is 10.2. The van der Waals surface area contributed by atoms with Crippen molar-refractivity contribution in [3.05, 3.63) is 0 Å². The van der Waals surface area contributed by atoms with Gasteiger partial charge >= 0.3 is 12.1 Å². The van der Waals surface area contributed by atoms with Crippen LogP contribution in [0.2, 0.25) is 0 Å². The van der Waals surface area contributed by atoms with Gasteiger partial charge in [-0.25, -0.2) is 4.79 Å². The maximum Gasteiger partial charge on any atom is 0.407 e. The molecule has 0 fully saturated rings. The van der Waals surface area contributed by atoms with Crippen LogP contribution in [0.25, 0.3) is 0 Å². The fourth-order valence-electron chi connectivity index (χ4n) is 0.878. The van der Waals surface area contributed by atoms with E-state index in [9.17, 15) is 9.59 Å². The largest absolute Gasteiger partial charge is 0.481 e. The topological polar surface area (TPSA) is 102 Å². The number of carboxylic acids is 1. The maximum atomic E-state index is 11.2. The standard InChI is InChI=1S/C9H18N2O4/c1-9(2,3)15-8(14)11-6(5-10)4-7(12)13/h6H,4-5,10H2,1-3H3,(H,11,14)(H,12,13)/t6-/m1/s1. The zero-order chi connectivity index (χ0) is 12.1. The van der Waals surface area contributed by atoms with Crippen molar-refractivity contribution in [3.8, 4) is 0 Å². The summed E-state index contributed by atoms with van der Waals surface area (Å²) in [6.07, 6.45) is -0.866. The average molecular weight is 218 g/mol. The van der Waals surface area contributed by atoms with Gasteiger partial charge in [0.2, 0.25) is 0 Å². The van der Waals surface area contributed by atoms with Crippen LogP contribution < -0.4 is 11.1 Å². The lowest BCUT2D eigenvalue weighted by Gasteiger charge is -2.22. The van der Waals surface area contributed by atoms with Crippen LogP contribution in [-0.4, -0.2) is 35.4 Å². The molecule has 0 aliphatic heterocycles. The smallest absolute Gasteiger partial charge is 0.407 e. The number of carboxylic acid groups (broad SMARTS) is 1. The molecule has 0 unspecified atom stereocenters. The molecule has 0 saturated heterocycles. The molecule has 6 nitrogen and oxygen atoms in total. The summed E-state index contributed by atoms with van der Waals surface area (Å²) in [6.45, 7) is 5.23. The van der Waals surface area contributed by atoms with E-state index >= 15 is 0 Å². The molecule has 0 rings (SSSR count). The fourth-order valence-corrected chi connectivity index (χ4v) is 0.878. The van der Waals surface area contributed by atoms with Crippen LogP contribution in [0.3, 0.4) is 0 Å². The first-order chi connectivity index (χ1) is 6.74. The molecule has 1 atom stereocenters. The SMILES string of the molecule is CC(C)(C)OC(=O)N[C@@H](CN)CC(=O)O. The van der Waals surface area contributed by atoms with Gasteiger partial charge in [0.15, 0.2) is 0 Å². The highest BCUT2D eigenvalue weighted by Gasteiger charge is 2.20. The highest BCUT2D eigenvalue weighted by molar-refractivity contribution is 5.71. The van der Waals surface area contributed by atoms with E-state index in [4.69, 9.17) is 15.6 Å². The summed E-state index contributed by atoms with van der Waals surface area (Å²) in [5, 5.41) is 10.9. The Bertz CT molecular complexity index is 235. The summed E-state index contributed by atoms with van der Waals surface area (Å²) in [4.78, 5) is 21.6. The monoisotopic (exact) mass is 218 g/mol. The Morgan fingerprint density at radius 3 is 2.33 bits per heavy atom. The number of alkyl carbamates (subject to hydrolysis) is 1. The summed E-state index contributed by atoms with van der Waals surface area (Å²) in [5.74, 6) is -1.01. The fraction of sp³-hybridized carbons (Fsp3) is 0.778. The van der Waals surface area contributed by atoms with Gasteiger partial charge in [-0.2, -0.15) is 0 Å². The van der Waals surface area contributed by atoms with Gasteiger partial charge in [-0.1, -0.05) is 0 Å². The molecule has 0 heterocycles. The zero-order valence-corrected chi connectivity index (χ0v) is 9.24. The van der Waals surface area contributed by atoms with Crippen LogP contribution in [0, 0.1) is 0 Å². The summed E-state index contributed by atoms with van der Waals surface area (Å²) < 4.78 is 4.95. The predicted molar refractivity (Wildman–Crippen MR) is 54.5 cm³/mol. The van der Waals surface area contributed by atoms with Crippen molar-refractivity contribution in [1.82, 2.24) is 5.32 Å². The minimum absolute atomic E-state index is 0.0611. The molecule has 0 radical (unpaired) electrons. The number of amides is 1. The van der Waals surface area contributed by atoms with Crippen molar-refractivity contribution in [2.45, 2.75) is 38.8 Å². The third-order valence-corrected chi connectivity index (χ3v) is 1.43. The Morgan fingerprint density at radius 1 is 1.47 bits per heavy atom. The maximum absolute atomic E-state index is 11.2. The molecular formula is C9H18N2O4. The van der Waals surface area contributed by atoms with Crippen LogP contribution in [0.4, 0.5) is 4.79 Å². The number of rotatable bonds is 4. The summed E-state index contributed by atoms with van der Waals surface area (Å²) in [6, 6.07) is -0.600. The Morgan fingerprint density at radius 2 is 2.00 bits per heavy atom. The number of aliphatic carboxylic acids is 1. The van der Waals surface area contributed by atoms with E-state index < -0.39 is 23.7 Å². The number of nitrogens with one attached hydrogen (secondary N) is 1. The van der Waals surface area contributed by atoms with Crippen molar-refractivity contribution in [3.63, 3.8) is 0 Å². The van der Waals surface area contributed by atoms with Crippen LogP contribution >= 0.6 is 0 Å². The first kappa shape index (κ1) is 13.7. The van der Waals surface area contributed by atoms with Crippen molar-refractivity contribution >= 4 is 12.1 Å². The lowest BCUT2D eigenvalue weighted by Crippen LogP contribution is -2.44. The first-order valence-electron chi connectivity index (χ1n) is 4.66. The highest BCUT2D eigenvalue weighted by Crippen LogP contribution is 2.06. The number of carbonyl (C=O) groups excluding carboxylic acids is 1. The molecule has 0 saturated carbocycles. The third kappa shape index (κ3) is 7.75. The van der Waals surface area contributed by atoms with E-state index in [0.29, 0.717) is 0 Å². The first-order valence-corrected chi connectivity index (χ1v) is 4.66. The molecule has 6 heteroatoms. The van der Waals surface area contributed by atoms with Gasteiger partial charge in [-0.3, -0.25) is 4.79 Å². The van der Waals surface area contributed by atoms with E-state index in [-0.39, 0.29) is 13.0 Å². The molecular weight excluding hydrogens is 200 g/mol. The van der Waals surface area contributed by atoms with Crippen molar-refractivity contribution in [2.24, 2.45) is 5.73 Å². The van der Waals surface area contributed by atoms with Crippen LogP contribution in [0.15, 0.2) is 0 Å². The van der Waals surface area contributed by atoms with Crippen LogP contribution in [-0.2, 0) is 9.53 Å². The normalized spacial score (nSPS) is 13.1. The molecule has 0 aromatic carbocycles. The van der Waals surface area contributed by atoms with E-state index in [1.165, 1.54) is 0 Å². The zero-order valence-electron chi connectivity index (χ0n) is 9.24. The number of hydrogen-bond donors (Lipinski definition) is 3. The molecule has 0 aliphatic rings. The number of carbonyl (C=O) groups is 2. The van der Waals surface area contributed by atoms with E-state index in [2.05, 4.69) is 5.32 Å². The molecule has 0 aliphatic carbocycles. The lowest BCUT2D eigenvalue weighted by molar-refractivity contribution is -0.137. The third-order valence-electron chi connectivity index (χ3n) is 1.43. The Labute approximate surface area is 88.8 Å². The van der Waals surface area contributed by atoms with Gasteiger partial charge in [0.1, 0.15) is 5.60 Å². The average Bonchev–Trinajstić information content (AvgIpc) is 1.98. The van der Waals surface area contributed by atoms with E-state index in [1.54, 1.807) is 20.8 Å². The van der Waals surface area contributed by atoms with E-state index in [1.807, 2.05) is 0 Å². The Balaban J connectivity index is 4.07. The van der Waals surface area contributed by atoms with Crippen molar-refractivity contribution in [2.75, 3.05) is 6.54 Å². The van der Waals surface area contributed by atoms with Crippen LogP contribution in [0.1, 0.15) is 27.2 Å². The van der Waals surface area contributed by atoms with E-state index in [0.717, 1.165) is 0 Å². The molecule has 0 aromatic heterocycles. The quantitative estimate of drug-likeness (QED) is 0.630.